The van der Waals surface area contributed by atoms with E-state index in [-0.39, 0.29) is 5.91 Å². The minimum absolute atomic E-state index is 0.0531. The monoisotopic (exact) mass is 289 g/mol. The first-order valence-electron chi connectivity index (χ1n) is 6.38. The fourth-order valence-electron chi connectivity index (χ4n) is 2.14. The predicted octanol–water partition coefficient (Wildman–Crippen LogP) is 2.36. The van der Waals surface area contributed by atoms with Crippen LogP contribution in [0.4, 0.5) is 10.8 Å². The molecule has 1 aromatic carbocycles. The summed E-state index contributed by atoms with van der Waals surface area (Å²) in [7, 11) is 1.68. The van der Waals surface area contributed by atoms with Crippen LogP contribution < -0.4 is 10.6 Å². The average Bonchev–Trinajstić information content (AvgIpc) is 3.03. The highest BCUT2D eigenvalue weighted by Crippen LogP contribution is 2.30. The molecule has 0 radical (unpaired) electrons. The number of fused-ring (bicyclic) bond motifs is 1. The fraction of sp³-hybridized carbons (Fsp3) is 0.286. The van der Waals surface area contributed by atoms with E-state index in [1.165, 1.54) is 0 Å². The van der Waals surface area contributed by atoms with Crippen molar-refractivity contribution in [3.8, 4) is 11.3 Å². The van der Waals surface area contributed by atoms with Crippen molar-refractivity contribution in [2.24, 2.45) is 0 Å². The summed E-state index contributed by atoms with van der Waals surface area (Å²) in [6.07, 6.45) is 0.451. The standard InChI is InChI=1S/C14H15N3O2S/c1-19-5-4-15-14-17-12(8-20-14)9-2-3-11-10(6-9)7-13(18)16-11/h2-3,6,8H,4-5,7H2,1H3,(H,15,17)(H,16,18). The number of nitrogens with zero attached hydrogens (tertiary/aromatic N) is 1. The molecule has 5 nitrogen and oxygen atoms in total. The molecule has 0 saturated carbocycles. The topological polar surface area (TPSA) is 63.2 Å². The van der Waals surface area contributed by atoms with Crippen molar-refractivity contribution in [2.45, 2.75) is 6.42 Å². The Morgan fingerprint density at radius 3 is 3.25 bits per heavy atom. The number of nitrogens with one attached hydrogen (secondary N) is 2. The van der Waals surface area contributed by atoms with Crippen LogP contribution >= 0.6 is 11.3 Å². The van der Waals surface area contributed by atoms with Crippen LogP contribution in [0.5, 0.6) is 0 Å². The van der Waals surface area contributed by atoms with Crippen molar-refractivity contribution >= 4 is 28.1 Å². The second kappa shape index (κ2) is 5.60. The molecule has 2 aromatic rings. The van der Waals surface area contributed by atoms with Gasteiger partial charge in [-0.05, 0) is 17.7 Å². The SMILES string of the molecule is COCCNc1nc(-c2ccc3c(c2)CC(=O)N3)cs1. The van der Waals surface area contributed by atoms with E-state index in [9.17, 15) is 4.79 Å². The smallest absolute Gasteiger partial charge is 0.228 e. The van der Waals surface area contributed by atoms with Crippen molar-refractivity contribution in [3.05, 3.63) is 29.1 Å². The van der Waals surface area contributed by atoms with Crippen LogP contribution in [0.25, 0.3) is 11.3 Å². The Hall–Kier alpha value is -1.92. The van der Waals surface area contributed by atoms with Crippen molar-refractivity contribution in [1.82, 2.24) is 4.98 Å². The molecule has 0 unspecified atom stereocenters. The molecule has 0 spiro atoms. The minimum Gasteiger partial charge on any atom is -0.383 e. The fourth-order valence-corrected chi connectivity index (χ4v) is 2.88. The Bertz CT molecular complexity index is 639. The predicted molar refractivity (Wildman–Crippen MR) is 80.2 cm³/mol. The molecule has 6 heteroatoms. The zero-order valence-corrected chi connectivity index (χ0v) is 11.9. The number of hydrogen-bond acceptors (Lipinski definition) is 5. The molecule has 0 bridgehead atoms. The van der Waals surface area contributed by atoms with E-state index in [0.717, 1.165) is 34.2 Å². The van der Waals surface area contributed by atoms with E-state index >= 15 is 0 Å². The molecular formula is C14H15N3O2S. The third kappa shape index (κ3) is 2.66. The number of methoxy groups -OCH3 is 1. The highest BCUT2D eigenvalue weighted by Gasteiger charge is 2.18. The van der Waals surface area contributed by atoms with Crippen LogP contribution in [0.1, 0.15) is 5.56 Å². The Morgan fingerprint density at radius 1 is 1.50 bits per heavy atom. The molecule has 3 rings (SSSR count). The van der Waals surface area contributed by atoms with Gasteiger partial charge in [-0.25, -0.2) is 4.98 Å². The second-order valence-electron chi connectivity index (χ2n) is 4.55. The number of carbonyl (C=O) groups excluding carboxylic acids is 1. The van der Waals surface area contributed by atoms with Crippen LogP contribution in [0, 0.1) is 0 Å². The van der Waals surface area contributed by atoms with Gasteiger partial charge < -0.3 is 15.4 Å². The van der Waals surface area contributed by atoms with Crippen molar-refractivity contribution in [2.75, 3.05) is 30.9 Å². The van der Waals surface area contributed by atoms with Gasteiger partial charge in [-0.1, -0.05) is 6.07 Å². The van der Waals surface area contributed by atoms with Crippen LogP contribution in [-0.4, -0.2) is 31.2 Å². The summed E-state index contributed by atoms with van der Waals surface area (Å²) in [6.45, 7) is 1.40. The van der Waals surface area contributed by atoms with Gasteiger partial charge in [-0.3, -0.25) is 4.79 Å². The molecule has 0 saturated heterocycles. The summed E-state index contributed by atoms with van der Waals surface area (Å²) in [5.74, 6) is 0.0531. The van der Waals surface area contributed by atoms with Gasteiger partial charge in [-0.15, -0.1) is 11.3 Å². The van der Waals surface area contributed by atoms with E-state index in [2.05, 4.69) is 15.6 Å². The Kier molecular flexibility index (Phi) is 3.66. The number of thiazole rings is 1. The molecular weight excluding hydrogens is 274 g/mol. The first kappa shape index (κ1) is 13.1. The normalized spacial score (nSPS) is 13.2. The number of ether oxygens (including phenoxy) is 1. The molecule has 104 valence electrons. The third-order valence-electron chi connectivity index (χ3n) is 3.11. The van der Waals surface area contributed by atoms with Crippen LogP contribution in [0.2, 0.25) is 0 Å². The largest absolute Gasteiger partial charge is 0.383 e. The molecule has 1 aromatic heterocycles. The number of rotatable bonds is 5. The molecule has 1 aliphatic heterocycles. The van der Waals surface area contributed by atoms with Gasteiger partial charge in [0, 0.05) is 30.3 Å². The molecule has 1 aliphatic rings. The Balaban J connectivity index is 1.76. The van der Waals surface area contributed by atoms with Crippen LogP contribution in [0.15, 0.2) is 23.6 Å². The summed E-state index contributed by atoms with van der Waals surface area (Å²) in [4.78, 5) is 15.9. The molecule has 2 N–H and O–H groups in total. The van der Waals surface area contributed by atoms with Crippen molar-refractivity contribution < 1.29 is 9.53 Å². The molecule has 0 fully saturated rings. The summed E-state index contributed by atoms with van der Waals surface area (Å²) >= 11 is 1.57. The Morgan fingerprint density at radius 2 is 2.40 bits per heavy atom. The van der Waals surface area contributed by atoms with Crippen LogP contribution in [-0.2, 0) is 16.0 Å². The van der Waals surface area contributed by atoms with Gasteiger partial charge in [0.2, 0.25) is 5.91 Å². The highest BCUT2D eigenvalue weighted by molar-refractivity contribution is 7.14. The van der Waals surface area contributed by atoms with Gasteiger partial charge in [0.25, 0.3) is 0 Å². The first-order chi connectivity index (χ1) is 9.76. The van der Waals surface area contributed by atoms with E-state index in [0.29, 0.717) is 13.0 Å². The summed E-state index contributed by atoms with van der Waals surface area (Å²) < 4.78 is 4.99. The number of anilines is 2. The third-order valence-corrected chi connectivity index (χ3v) is 3.91. The summed E-state index contributed by atoms with van der Waals surface area (Å²) in [5, 5.41) is 8.94. The minimum atomic E-state index is 0.0531. The number of hydrogen-bond donors (Lipinski definition) is 2. The maximum Gasteiger partial charge on any atom is 0.228 e. The van der Waals surface area contributed by atoms with E-state index in [1.807, 2.05) is 23.6 Å². The number of aromatic nitrogens is 1. The zero-order valence-electron chi connectivity index (χ0n) is 11.1. The lowest BCUT2D eigenvalue weighted by Gasteiger charge is -2.02. The zero-order chi connectivity index (χ0) is 13.9. The molecule has 20 heavy (non-hydrogen) atoms. The average molecular weight is 289 g/mol. The molecule has 0 aliphatic carbocycles. The first-order valence-corrected chi connectivity index (χ1v) is 7.26. The number of benzene rings is 1. The van der Waals surface area contributed by atoms with E-state index < -0.39 is 0 Å². The van der Waals surface area contributed by atoms with Gasteiger partial charge in [-0.2, -0.15) is 0 Å². The maximum absolute atomic E-state index is 11.4. The highest BCUT2D eigenvalue weighted by atomic mass is 32.1. The van der Waals surface area contributed by atoms with Crippen molar-refractivity contribution in [3.63, 3.8) is 0 Å². The van der Waals surface area contributed by atoms with E-state index in [1.54, 1.807) is 18.4 Å². The lowest BCUT2D eigenvalue weighted by Crippen LogP contribution is -2.06. The number of amides is 1. The lowest BCUT2D eigenvalue weighted by molar-refractivity contribution is -0.115. The van der Waals surface area contributed by atoms with Crippen molar-refractivity contribution in [1.29, 1.82) is 0 Å². The molecule has 0 atom stereocenters. The number of carbonyl (C=O) groups is 1. The van der Waals surface area contributed by atoms with Gasteiger partial charge in [0.05, 0.1) is 18.7 Å². The Labute approximate surface area is 121 Å². The summed E-state index contributed by atoms with van der Waals surface area (Å²) in [6, 6.07) is 5.95. The van der Waals surface area contributed by atoms with Gasteiger partial charge >= 0.3 is 0 Å². The maximum atomic E-state index is 11.4. The quantitative estimate of drug-likeness (QED) is 0.829. The second-order valence-corrected chi connectivity index (χ2v) is 5.41. The molecule has 1 amide bonds. The van der Waals surface area contributed by atoms with Gasteiger partial charge in [0.15, 0.2) is 5.13 Å². The van der Waals surface area contributed by atoms with Crippen LogP contribution in [0.3, 0.4) is 0 Å². The van der Waals surface area contributed by atoms with Gasteiger partial charge in [0.1, 0.15) is 0 Å². The summed E-state index contributed by atoms with van der Waals surface area (Å²) in [5.41, 5.74) is 3.91. The van der Waals surface area contributed by atoms with E-state index in [4.69, 9.17) is 4.74 Å². The lowest BCUT2D eigenvalue weighted by atomic mass is 10.1. The molecule has 2 heterocycles.